The van der Waals surface area contributed by atoms with E-state index in [1.54, 1.807) is 0 Å². The van der Waals surface area contributed by atoms with E-state index in [1.165, 1.54) is 30.4 Å². The van der Waals surface area contributed by atoms with Crippen LogP contribution in [-0.4, -0.2) is 19.2 Å². The zero-order chi connectivity index (χ0) is 15.1. The van der Waals surface area contributed by atoms with Gasteiger partial charge < -0.3 is 10.1 Å². The standard InChI is InChI=1S/C19H31NO/c1-4-11-20-17(13-15(3)5-2)14-19-18-9-7-6-8-16(18)10-12-21-19/h6-9,15,17,19-20H,4-5,10-14H2,1-3H3. The largest absolute Gasteiger partial charge is 0.373 e. The fourth-order valence-electron chi connectivity index (χ4n) is 3.19. The highest BCUT2D eigenvalue weighted by molar-refractivity contribution is 5.31. The highest BCUT2D eigenvalue weighted by Gasteiger charge is 2.24. The molecule has 1 aromatic rings. The van der Waals surface area contributed by atoms with Crippen molar-refractivity contribution < 1.29 is 4.74 Å². The van der Waals surface area contributed by atoms with E-state index in [2.05, 4.69) is 50.4 Å². The second kappa shape index (κ2) is 8.55. The molecule has 1 aromatic carbocycles. The first-order valence-corrected chi connectivity index (χ1v) is 8.67. The molecule has 0 amide bonds. The van der Waals surface area contributed by atoms with Gasteiger partial charge in [-0.05, 0) is 49.3 Å². The van der Waals surface area contributed by atoms with Crippen LogP contribution in [0.4, 0.5) is 0 Å². The smallest absolute Gasteiger partial charge is 0.0842 e. The molecule has 0 radical (unpaired) electrons. The Morgan fingerprint density at radius 2 is 2.10 bits per heavy atom. The summed E-state index contributed by atoms with van der Waals surface area (Å²) in [7, 11) is 0. The van der Waals surface area contributed by atoms with Crippen LogP contribution in [-0.2, 0) is 11.2 Å². The Morgan fingerprint density at radius 1 is 1.29 bits per heavy atom. The minimum atomic E-state index is 0.272. The maximum atomic E-state index is 6.09. The zero-order valence-corrected chi connectivity index (χ0v) is 13.9. The van der Waals surface area contributed by atoms with Gasteiger partial charge in [0.15, 0.2) is 0 Å². The second-order valence-electron chi connectivity index (χ2n) is 6.44. The van der Waals surface area contributed by atoms with Crippen molar-refractivity contribution in [3.63, 3.8) is 0 Å². The van der Waals surface area contributed by atoms with Gasteiger partial charge in [0.2, 0.25) is 0 Å². The van der Waals surface area contributed by atoms with Gasteiger partial charge in [0.25, 0.3) is 0 Å². The molecule has 3 atom stereocenters. The summed E-state index contributed by atoms with van der Waals surface area (Å²) in [5.41, 5.74) is 2.89. The molecule has 2 nitrogen and oxygen atoms in total. The van der Waals surface area contributed by atoms with Gasteiger partial charge in [-0.2, -0.15) is 0 Å². The van der Waals surface area contributed by atoms with Crippen molar-refractivity contribution in [3.05, 3.63) is 35.4 Å². The van der Waals surface area contributed by atoms with Gasteiger partial charge in [-0.1, -0.05) is 51.5 Å². The molecule has 1 heterocycles. The molecule has 2 rings (SSSR count). The maximum absolute atomic E-state index is 6.09. The van der Waals surface area contributed by atoms with Gasteiger partial charge in [-0.25, -0.2) is 0 Å². The third-order valence-electron chi connectivity index (χ3n) is 4.66. The molecule has 0 bridgehead atoms. The minimum Gasteiger partial charge on any atom is -0.373 e. The monoisotopic (exact) mass is 289 g/mol. The van der Waals surface area contributed by atoms with Crippen LogP contribution in [0, 0.1) is 5.92 Å². The summed E-state index contributed by atoms with van der Waals surface area (Å²) in [6.07, 6.45) is 6.13. The van der Waals surface area contributed by atoms with Crippen LogP contribution in [0.5, 0.6) is 0 Å². The molecule has 0 spiro atoms. The lowest BCUT2D eigenvalue weighted by Crippen LogP contribution is -2.34. The first-order valence-electron chi connectivity index (χ1n) is 8.67. The van der Waals surface area contributed by atoms with E-state index in [1.807, 2.05) is 0 Å². The Hall–Kier alpha value is -0.860. The fraction of sp³-hybridized carbons (Fsp3) is 0.684. The maximum Gasteiger partial charge on any atom is 0.0842 e. The van der Waals surface area contributed by atoms with Crippen LogP contribution in [0.1, 0.15) is 63.7 Å². The molecular weight excluding hydrogens is 258 g/mol. The summed E-state index contributed by atoms with van der Waals surface area (Å²) in [5, 5.41) is 3.73. The molecule has 0 saturated heterocycles. The van der Waals surface area contributed by atoms with Crippen LogP contribution < -0.4 is 5.32 Å². The van der Waals surface area contributed by atoms with E-state index < -0.39 is 0 Å². The SMILES string of the molecule is CCCNC(CC(C)CC)CC1OCCc2ccccc21. The lowest BCUT2D eigenvalue weighted by atomic mass is 9.90. The van der Waals surface area contributed by atoms with Crippen molar-refractivity contribution in [3.8, 4) is 0 Å². The molecule has 2 heteroatoms. The molecule has 1 N–H and O–H groups in total. The topological polar surface area (TPSA) is 21.3 Å². The highest BCUT2D eigenvalue weighted by Crippen LogP contribution is 2.31. The summed E-state index contributed by atoms with van der Waals surface area (Å²) in [5.74, 6) is 0.776. The molecule has 21 heavy (non-hydrogen) atoms. The van der Waals surface area contributed by atoms with Gasteiger partial charge >= 0.3 is 0 Å². The fourth-order valence-corrected chi connectivity index (χ4v) is 3.19. The Bertz CT molecular complexity index is 418. The predicted octanol–water partition coefficient (Wildman–Crippen LogP) is 4.49. The number of ether oxygens (including phenoxy) is 1. The van der Waals surface area contributed by atoms with E-state index in [0.29, 0.717) is 6.04 Å². The van der Waals surface area contributed by atoms with Crippen LogP contribution in [0.15, 0.2) is 24.3 Å². The number of benzene rings is 1. The minimum absolute atomic E-state index is 0.272. The van der Waals surface area contributed by atoms with Crippen molar-refractivity contribution in [2.45, 2.75) is 65.0 Å². The number of hydrogen-bond donors (Lipinski definition) is 1. The zero-order valence-electron chi connectivity index (χ0n) is 13.9. The molecule has 0 saturated carbocycles. The Balaban J connectivity index is 2.02. The van der Waals surface area contributed by atoms with Crippen LogP contribution in [0.25, 0.3) is 0 Å². The summed E-state index contributed by atoms with van der Waals surface area (Å²) in [6.45, 7) is 8.85. The average Bonchev–Trinajstić information content (AvgIpc) is 2.52. The van der Waals surface area contributed by atoms with E-state index in [0.717, 1.165) is 31.9 Å². The number of nitrogens with one attached hydrogen (secondary N) is 1. The van der Waals surface area contributed by atoms with Crippen LogP contribution in [0.3, 0.4) is 0 Å². The quantitative estimate of drug-likeness (QED) is 0.761. The van der Waals surface area contributed by atoms with Crippen molar-refractivity contribution in [1.82, 2.24) is 5.32 Å². The molecule has 0 fully saturated rings. The number of rotatable bonds is 8. The third kappa shape index (κ3) is 4.82. The lowest BCUT2D eigenvalue weighted by molar-refractivity contribution is 0.0277. The van der Waals surface area contributed by atoms with Crippen LogP contribution in [0.2, 0.25) is 0 Å². The Labute approximate surface area is 130 Å². The lowest BCUT2D eigenvalue weighted by Gasteiger charge is -2.31. The second-order valence-corrected chi connectivity index (χ2v) is 6.44. The van der Waals surface area contributed by atoms with Crippen molar-refractivity contribution in [1.29, 1.82) is 0 Å². The summed E-state index contributed by atoms with van der Waals surface area (Å²) in [4.78, 5) is 0. The van der Waals surface area contributed by atoms with Crippen molar-refractivity contribution in [2.24, 2.45) is 5.92 Å². The Kier molecular flexibility index (Phi) is 6.72. The molecular formula is C19H31NO. The Morgan fingerprint density at radius 3 is 2.86 bits per heavy atom. The molecule has 0 aromatic heterocycles. The third-order valence-corrected chi connectivity index (χ3v) is 4.66. The highest BCUT2D eigenvalue weighted by atomic mass is 16.5. The molecule has 1 aliphatic rings. The van der Waals surface area contributed by atoms with E-state index in [-0.39, 0.29) is 6.10 Å². The first kappa shape index (κ1) is 16.5. The van der Waals surface area contributed by atoms with Crippen molar-refractivity contribution >= 4 is 0 Å². The van der Waals surface area contributed by atoms with E-state index >= 15 is 0 Å². The molecule has 118 valence electrons. The number of fused-ring (bicyclic) bond motifs is 1. The summed E-state index contributed by atoms with van der Waals surface area (Å²) < 4.78 is 6.09. The van der Waals surface area contributed by atoms with Crippen LogP contribution >= 0.6 is 0 Å². The average molecular weight is 289 g/mol. The van der Waals surface area contributed by atoms with E-state index in [9.17, 15) is 0 Å². The van der Waals surface area contributed by atoms with E-state index in [4.69, 9.17) is 4.74 Å². The van der Waals surface area contributed by atoms with Gasteiger partial charge in [0.05, 0.1) is 12.7 Å². The van der Waals surface area contributed by atoms with Crippen molar-refractivity contribution in [2.75, 3.05) is 13.2 Å². The normalized spacial score (nSPS) is 20.8. The molecule has 0 aliphatic carbocycles. The van der Waals surface area contributed by atoms with Gasteiger partial charge in [-0.15, -0.1) is 0 Å². The number of hydrogen-bond acceptors (Lipinski definition) is 2. The van der Waals surface area contributed by atoms with Gasteiger partial charge in [0.1, 0.15) is 0 Å². The molecule has 3 unspecified atom stereocenters. The molecule has 1 aliphatic heterocycles. The van der Waals surface area contributed by atoms with Gasteiger partial charge in [-0.3, -0.25) is 0 Å². The van der Waals surface area contributed by atoms with Gasteiger partial charge in [0, 0.05) is 6.04 Å². The first-order chi connectivity index (χ1) is 10.2. The summed E-state index contributed by atoms with van der Waals surface area (Å²) in [6, 6.07) is 9.36. The summed E-state index contributed by atoms with van der Waals surface area (Å²) >= 11 is 0. The predicted molar refractivity (Wildman–Crippen MR) is 89.6 cm³/mol.